The molecule has 2 aliphatic rings. The highest BCUT2D eigenvalue weighted by Gasteiger charge is 2.37. The third kappa shape index (κ3) is 3.15. The van der Waals surface area contributed by atoms with E-state index < -0.39 is 10.0 Å². The average Bonchev–Trinajstić information content (AvgIpc) is 3.22. The van der Waals surface area contributed by atoms with E-state index in [1.54, 1.807) is 12.1 Å². The van der Waals surface area contributed by atoms with Gasteiger partial charge in [-0.1, -0.05) is 0 Å². The molecular formula is C15H22N2O2S. The highest BCUT2D eigenvalue weighted by Crippen LogP contribution is 2.41. The summed E-state index contributed by atoms with van der Waals surface area (Å²) in [6.45, 7) is 4.40. The Morgan fingerprint density at radius 2 is 1.65 bits per heavy atom. The Morgan fingerprint density at radius 3 is 2.15 bits per heavy atom. The molecule has 1 aromatic carbocycles. The summed E-state index contributed by atoms with van der Waals surface area (Å²) in [4.78, 5) is 0.346. The molecule has 0 unspecified atom stereocenters. The first-order chi connectivity index (χ1) is 9.37. The molecule has 0 amide bonds. The van der Waals surface area contributed by atoms with E-state index in [1.165, 1.54) is 12.8 Å². The van der Waals surface area contributed by atoms with Crippen molar-refractivity contribution in [2.45, 2.75) is 56.0 Å². The zero-order chi connectivity index (χ0) is 14.4. The van der Waals surface area contributed by atoms with E-state index in [4.69, 9.17) is 0 Å². The van der Waals surface area contributed by atoms with E-state index in [2.05, 4.69) is 23.9 Å². The van der Waals surface area contributed by atoms with Crippen LogP contribution in [-0.4, -0.2) is 20.0 Å². The average molecular weight is 294 g/mol. The van der Waals surface area contributed by atoms with Gasteiger partial charge in [-0.3, -0.25) is 0 Å². The fourth-order valence-corrected chi connectivity index (χ4v) is 3.79. The molecule has 0 atom stereocenters. The zero-order valence-electron chi connectivity index (χ0n) is 12.0. The first-order valence-corrected chi connectivity index (χ1v) is 8.76. The van der Waals surface area contributed by atoms with Crippen molar-refractivity contribution in [1.29, 1.82) is 0 Å². The monoisotopic (exact) mass is 294 g/mol. The van der Waals surface area contributed by atoms with Crippen molar-refractivity contribution in [2.24, 2.45) is 5.92 Å². The van der Waals surface area contributed by atoms with Gasteiger partial charge in [0.05, 0.1) is 4.90 Å². The molecule has 2 N–H and O–H groups in total. The van der Waals surface area contributed by atoms with Crippen molar-refractivity contribution in [1.82, 2.24) is 4.72 Å². The number of anilines is 1. The minimum Gasteiger partial charge on any atom is -0.380 e. The number of sulfonamides is 1. The van der Waals surface area contributed by atoms with Gasteiger partial charge in [0.1, 0.15) is 0 Å². The van der Waals surface area contributed by atoms with Crippen LogP contribution in [0.1, 0.15) is 39.5 Å². The Morgan fingerprint density at radius 1 is 1.05 bits per heavy atom. The molecule has 110 valence electrons. The van der Waals surface area contributed by atoms with E-state index in [0.717, 1.165) is 24.4 Å². The van der Waals surface area contributed by atoms with Crippen LogP contribution in [0.3, 0.4) is 0 Å². The summed E-state index contributed by atoms with van der Waals surface area (Å²) in [6.07, 6.45) is 4.46. The standard InChI is InChI=1S/C15H22N2O2S/c1-15(2,11-3-4-11)16-12-7-9-14(10-8-12)20(18,19)17-13-5-6-13/h7-11,13,16-17H,3-6H2,1-2H3. The van der Waals surface area contributed by atoms with E-state index in [1.807, 2.05) is 12.1 Å². The maximum absolute atomic E-state index is 12.1. The van der Waals surface area contributed by atoms with Gasteiger partial charge >= 0.3 is 0 Å². The summed E-state index contributed by atoms with van der Waals surface area (Å²) in [6, 6.07) is 7.20. The number of hydrogen-bond acceptors (Lipinski definition) is 3. The van der Waals surface area contributed by atoms with Gasteiger partial charge < -0.3 is 5.32 Å². The molecule has 2 aliphatic carbocycles. The first kappa shape index (κ1) is 13.9. The summed E-state index contributed by atoms with van der Waals surface area (Å²) < 4.78 is 26.8. The van der Waals surface area contributed by atoms with Crippen LogP contribution in [0.2, 0.25) is 0 Å². The molecule has 4 nitrogen and oxygen atoms in total. The smallest absolute Gasteiger partial charge is 0.240 e. The molecule has 5 heteroatoms. The van der Waals surface area contributed by atoms with Crippen LogP contribution in [-0.2, 0) is 10.0 Å². The molecule has 2 fully saturated rings. The molecular weight excluding hydrogens is 272 g/mol. The molecule has 0 spiro atoms. The van der Waals surface area contributed by atoms with Crippen molar-refractivity contribution in [3.05, 3.63) is 24.3 Å². The van der Waals surface area contributed by atoms with Gasteiger partial charge in [0.15, 0.2) is 0 Å². The lowest BCUT2D eigenvalue weighted by atomic mass is 9.98. The Hall–Kier alpha value is -1.07. The normalized spacial score (nSPS) is 19.9. The number of nitrogens with one attached hydrogen (secondary N) is 2. The van der Waals surface area contributed by atoms with E-state index in [9.17, 15) is 8.42 Å². The number of benzene rings is 1. The minimum atomic E-state index is -3.34. The van der Waals surface area contributed by atoms with Crippen LogP contribution in [0.5, 0.6) is 0 Å². The molecule has 0 heterocycles. The van der Waals surface area contributed by atoms with Crippen LogP contribution in [0, 0.1) is 5.92 Å². The Kier molecular flexibility index (Phi) is 3.29. The lowest BCUT2D eigenvalue weighted by Gasteiger charge is -2.27. The molecule has 2 saturated carbocycles. The predicted molar refractivity (Wildman–Crippen MR) is 80.2 cm³/mol. The van der Waals surface area contributed by atoms with Gasteiger partial charge in [-0.2, -0.15) is 0 Å². The Balaban J connectivity index is 1.70. The summed E-state index contributed by atoms with van der Waals surface area (Å²) >= 11 is 0. The third-order valence-electron chi connectivity index (χ3n) is 4.13. The highest BCUT2D eigenvalue weighted by atomic mass is 32.2. The summed E-state index contributed by atoms with van der Waals surface area (Å²) in [5.41, 5.74) is 1.06. The second kappa shape index (κ2) is 4.74. The predicted octanol–water partition coefficient (Wildman–Crippen LogP) is 2.73. The van der Waals surface area contributed by atoms with Crippen molar-refractivity contribution in [3.8, 4) is 0 Å². The first-order valence-electron chi connectivity index (χ1n) is 7.27. The van der Waals surface area contributed by atoms with Crippen LogP contribution in [0.15, 0.2) is 29.2 Å². The largest absolute Gasteiger partial charge is 0.380 e. The molecule has 0 bridgehead atoms. The summed E-state index contributed by atoms with van der Waals surface area (Å²) in [7, 11) is -3.34. The minimum absolute atomic E-state index is 0.0760. The van der Waals surface area contributed by atoms with Crippen molar-refractivity contribution < 1.29 is 8.42 Å². The van der Waals surface area contributed by atoms with Crippen molar-refractivity contribution in [2.75, 3.05) is 5.32 Å². The summed E-state index contributed by atoms with van der Waals surface area (Å²) in [5.74, 6) is 0.724. The lowest BCUT2D eigenvalue weighted by molar-refractivity contribution is 0.494. The second-order valence-corrected chi connectivity index (χ2v) is 8.25. The number of rotatable bonds is 6. The molecule has 20 heavy (non-hydrogen) atoms. The maximum Gasteiger partial charge on any atom is 0.240 e. The second-order valence-electron chi connectivity index (χ2n) is 6.54. The molecule has 0 radical (unpaired) electrons. The molecule has 3 rings (SSSR count). The topological polar surface area (TPSA) is 58.2 Å². The SMILES string of the molecule is CC(C)(Nc1ccc(S(=O)(=O)NC2CC2)cc1)C1CC1. The Bertz CT molecular complexity index is 585. The van der Waals surface area contributed by atoms with Gasteiger partial charge in [-0.05, 0) is 69.7 Å². The van der Waals surface area contributed by atoms with Gasteiger partial charge in [0, 0.05) is 17.3 Å². The summed E-state index contributed by atoms with van der Waals surface area (Å²) in [5, 5.41) is 3.50. The highest BCUT2D eigenvalue weighted by molar-refractivity contribution is 7.89. The van der Waals surface area contributed by atoms with Gasteiger partial charge in [0.2, 0.25) is 10.0 Å². The number of hydrogen-bond donors (Lipinski definition) is 2. The maximum atomic E-state index is 12.1. The molecule has 0 saturated heterocycles. The Labute approximate surface area is 121 Å². The van der Waals surface area contributed by atoms with Crippen molar-refractivity contribution >= 4 is 15.7 Å². The van der Waals surface area contributed by atoms with Crippen LogP contribution in [0.4, 0.5) is 5.69 Å². The van der Waals surface area contributed by atoms with Crippen LogP contribution >= 0.6 is 0 Å². The lowest BCUT2D eigenvalue weighted by Crippen LogP contribution is -2.33. The van der Waals surface area contributed by atoms with E-state index in [-0.39, 0.29) is 11.6 Å². The fraction of sp³-hybridized carbons (Fsp3) is 0.600. The molecule has 0 aromatic heterocycles. The zero-order valence-corrected chi connectivity index (χ0v) is 12.8. The third-order valence-corrected chi connectivity index (χ3v) is 5.66. The van der Waals surface area contributed by atoms with Crippen LogP contribution < -0.4 is 10.0 Å². The molecule has 0 aliphatic heterocycles. The molecule has 1 aromatic rings. The van der Waals surface area contributed by atoms with Gasteiger partial charge in [-0.15, -0.1) is 0 Å². The van der Waals surface area contributed by atoms with Crippen molar-refractivity contribution in [3.63, 3.8) is 0 Å². The van der Waals surface area contributed by atoms with E-state index >= 15 is 0 Å². The quantitative estimate of drug-likeness (QED) is 0.848. The van der Waals surface area contributed by atoms with Gasteiger partial charge in [0.25, 0.3) is 0 Å². The van der Waals surface area contributed by atoms with Crippen LogP contribution in [0.25, 0.3) is 0 Å². The fourth-order valence-electron chi connectivity index (χ4n) is 2.49. The van der Waals surface area contributed by atoms with E-state index in [0.29, 0.717) is 4.90 Å². The van der Waals surface area contributed by atoms with Gasteiger partial charge in [-0.25, -0.2) is 13.1 Å².